The Kier molecular flexibility index (Phi) is 7.82. The molecule has 1 aliphatic rings. The van der Waals surface area contributed by atoms with Gasteiger partial charge in [0.1, 0.15) is 23.9 Å². The smallest absolute Gasteiger partial charge is 0.231 e. The molecule has 3 aromatic rings. The number of hydrogen-bond acceptors (Lipinski definition) is 8. The highest BCUT2D eigenvalue weighted by Gasteiger charge is 2.29. The Labute approximate surface area is 219 Å². The monoisotopic (exact) mass is 506 g/mol. The number of primary amides is 1. The van der Waals surface area contributed by atoms with Gasteiger partial charge in [-0.2, -0.15) is 0 Å². The fraction of sp³-hybridized carbons (Fsp3) is 0.500. The minimum Gasteiger partial charge on any atom is -0.488 e. The number of carbonyl (C=O) groups is 1. The molecule has 0 saturated carbocycles. The Hall–Kier alpha value is -3.46. The summed E-state index contributed by atoms with van der Waals surface area (Å²) in [5.41, 5.74) is 11.2. The number of rotatable bonds is 8. The lowest BCUT2D eigenvalue weighted by Gasteiger charge is -2.40. The van der Waals surface area contributed by atoms with Gasteiger partial charge in [-0.15, -0.1) is 0 Å². The third-order valence-electron chi connectivity index (χ3n) is 7.12. The number of piperazine rings is 1. The van der Waals surface area contributed by atoms with E-state index < -0.39 is 0 Å². The molecule has 1 unspecified atom stereocenters. The topological polar surface area (TPSA) is 111 Å². The molecule has 1 saturated heterocycles. The van der Waals surface area contributed by atoms with E-state index in [2.05, 4.69) is 60.9 Å². The molecule has 1 amide bonds. The Balaban J connectivity index is 1.71. The van der Waals surface area contributed by atoms with Crippen molar-refractivity contribution in [3.63, 3.8) is 0 Å². The summed E-state index contributed by atoms with van der Waals surface area (Å²) in [7, 11) is 0. The molecule has 1 aliphatic heterocycles. The Morgan fingerprint density at radius 3 is 2.54 bits per heavy atom. The van der Waals surface area contributed by atoms with Crippen LogP contribution in [0.1, 0.15) is 60.5 Å². The molecule has 0 spiro atoms. The van der Waals surface area contributed by atoms with Gasteiger partial charge >= 0.3 is 0 Å². The van der Waals surface area contributed by atoms with E-state index in [1.54, 1.807) is 0 Å². The van der Waals surface area contributed by atoms with Gasteiger partial charge in [-0.05, 0) is 57.7 Å². The van der Waals surface area contributed by atoms with Crippen molar-refractivity contribution in [2.24, 2.45) is 5.73 Å². The van der Waals surface area contributed by atoms with Crippen molar-refractivity contribution < 1.29 is 14.1 Å². The zero-order chi connectivity index (χ0) is 26.9. The summed E-state index contributed by atoms with van der Waals surface area (Å²) in [6, 6.07) is 6.52. The zero-order valence-corrected chi connectivity index (χ0v) is 23.0. The summed E-state index contributed by atoms with van der Waals surface area (Å²) >= 11 is 0. The molecule has 37 heavy (non-hydrogen) atoms. The van der Waals surface area contributed by atoms with Crippen LogP contribution in [0.3, 0.4) is 0 Å². The summed E-state index contributed by atoms with van der Waals surface area (Å²) in [5, 5.41) is 4.10. The maximum Gasteiger partial charge on any atom is 0.231 e. The molecule has 3 heterocycles. The number of aromatic nitrogens is 3. The van der Waals surface area contributed by atoms with Crippen molar-refractivity contribution in [1.29, 1.82) is 0 Å². The fourth-order valence-electron chi connectivity index (χ4n) is 4.83. The van der Waals surface area contributed by atoms with Crippen molar-refractivity contribution in [2.75, 3.05) is 31.1 Å². The maximum absolute atomic E-state index is 11.5. The first-order chi connectivity index (χ1) is 17.5. The second-order valence-corrected chi connectivity index (χ2v) is 10.3. The second-order valence-electron chi connectivity index (χ2n) is 10.3. The molecule has 9 heteroatoms. The number of carbonyl (C=O) groups excluding carboxylic acids is 1. The van der Waals surface area contributed by atoms with Gasteiger partial charge in [-0.1, -0.05) is 31.1 Å². The van der Waals surface area contributed by atoms with Gasteiger partial charge in [0.25, 0.3) is 0 Å². The predicted octanol–water partition coefficient (Wildman–Crippen LogP) is 4.06. The Morgan fingerprint density at radius 2 is 1.92 bits per heavy atom. The molecule has 0 bridgehead atoms. The molecule has 0 aliphatic carbocycles. The van der Waals surface area contributed by atoms with E-state index in [1.165, 1.54) is 5.56 Å². The molecule has 1 aromatic carbocycles. The van der Waals surface area contributed by atoms with Crippen molar-refractivity contribution in [3.05, 3.63) is 52.0 Å². The Morgan fingerprint density at radius 1 is 1.16 bits per heavy atom. The minimum absolute atomic E-state index is 0.137. The average molecular weight is 507 g/mol. The van der Waals surface area contributed by atoms with Gasteiger partial charge in [-0.25, -0.2) is 9.97 Å². The van der Waals surface area contributed by atoms with Crippen molar-refractivity contribution in [2.45, 2.75) is 67.0 Å². The Bertz CT molecular complexity index is 1270. The first-order valence-corrected chi connectivity index (χ1v) is 12.9. The van der Waals surface area contributed by atoms with E-state index >= 15 is 0 Å². The molecule has 198 valence electrons. The normalized spacial score (nSPS) is 16.4. The number of anilines is 1. The van der Waals surface area contributed by atoms with E-state index in [-0.39, 0.29) is 18.5 Å². The van der Waals surface area contributed by atoms with Crippen LogP contribution in [-0.4, -0.2) is 58.2 Å². The van der Waals surface area contributed by atoms with E-state index in [1.807, 2.05) is 20.8 Å². The van der Waals surface area contributed by atoms with Crippen molar-refractivity contribution in [3.8, 4) is 17.1 Å². The van der Waals surface area contributed by atoms with Crippen LogP contribution in [0.25, 0.3) is 11.4 Å². The van der Waals surface area contributed by atoms with Gasteiger partial charge in [0.05, 0.1) is 29.1 Å². The number of amides is 1. The molecule has 1 fully saturated rings. The number of nitrogens with two attached hydrogens (primary N) is 1. The van der Waals surface area contributed by atoms with Crippen LogP contribution in [0.2, 0.25) is 0 Å². The standard InChI is InChI=1S/C28H38N6O3/c1-16(2)22-9-8-17(3)24(12-22)36-15-23-19(5)30-27(26-20(6)32-37-21(26)7)31-28(23)34-11-10-33(14-25(29)35)18(4)13-34/h8-9,12,16,18H,10-11,13-15H2,1-7H3,(H2,29,35). The molecular formula is C28H38N6O3. The lowest BCUT2D eigenvalue weighted by Crippen LogP contribution is -2.54. The summed E-state index contributed by atoms with van der Waals surface area (Å²) in [6.07, 6.45) is 0. The molecule has 9 nitrogen and oxygen atoms in total. The maximum atomic E-state index is 11.5. The van der Waals surface area contributed by atoms with E-state index in [0.717, 1.165) is 39.6 Å². The summed E-state index contributed by atoms with van der Waals surface area (Å²) in [5.74, 6) is 3.09. The van der Waals surface area contributed by atoms with Crippen LogP contribution in [-0.2, 0) is 11.4 Å². The van der Waals surface area contributed by atoms with Gasteiger partial charge in [0, 0.05) is 25.7 Å². The molecule has 2 aromatic heterocycles. The quantitative estimate of drug-likeness (QED) is 0.487. The van der Waals surface area contributed by atoms with Crippen molar-refractivity contribution in [1.82, 2.24) is 20.0 Å². The third kappa shape index (κ3) is 5.77. The second kappa shape index (κ2) is 10.9. The number of hydrogen-bond donors (Lipinski definition) is 1. The molecule has 0 radical (unpaired) electrons. The lowest BCUT2D eigenvalue weighted by molar-refractivity contribution is -0.119. The highest BCUT2D eigenvalue weighted by atomic mass is 16.5. The zero-order valence-electron chi connectivity index (χ0n) is 23.0. The van der Waals surface area contributed by atoms with Crippen LogP contribution in [0, 0.1) is 27.7 Å². The number of ether oxygens (including phenoxy) is 1. The molecular weight excluding hydrogens is 468 g/mol. The highest BCUT2D eigenvalue weighted by molar-refractivity contribution is 5.76. The van der Waals surface area contributed by atoms with Crippen LogP contribution in [0.15, 0.2) is 22.7 Å². The summed E-state index contributed by atoms with van der Waals surface area (Å²) < 4.78 is 11.8. The fourth-order valence-corrected chi connectivity index (χ4v) is 4.83. The largest absolute Gasteiger partial charge is 0.488 e. The highest BCUT2D eigenvalue weighted by Crippen LogP contribution is 2.32. The van der Waals surface area contributed by atoms with Crippen LogP contribution < -0.4 is 15.4 Å². The molecule has 2 N–H and O–H groups in total. The van der Waals surface area contributed by atoms with Crippen LogP contribution >= 0.6 is 0 Å². The first-order valence-electron chi connectivity index (χ1n) is 12.9. The van der Waals surface area contributed by atoms with E-state index in [9.17, 15) is 4.79 Å². The minimum atomic E-state index is -0.313. The number of benzene rings is 1. The third-order valence-corrected chi connectivity index (χ3v) is 7.12. The van der Waals surface area contributed by atoms with Crippen molar-refractivity contribution >= 4 is 11.7 Å². The van der Waals surface area contributed by atoms with Crippen LogP contribution in [0.4, 0.5) is 5.82 Å². The predicted molar refractivity (Wildman–Crippen MR) is 144 cm³/mol. The first kappa shape index (κ1) is 26.6. The van der Waals surface area contributed by atoms with Gasteiger partial charge < -0.3 is 19.9 Å². The molecule has 1 atom stereocenters. The lowest BCUT2D eigenvalue weighted by atomic mass is 10.0. The van der Waals surface area contributed by atoms with Gasteiger partial charge in [-0.3, -0.25) is 9.69 Å². The van der Waals surface area contributed by atoms with E-state index in [4.69, 9.17) is 25.0 Å². The number of nitrogens with zero attached hydrogens (tertiary/aromatic N) is 5. The average Bonchev–Trinajstić information content (AvgIpc) is 3.17. The SMILES string of the molecule is Cc1ccc(C(C)C)cc1OCc1c(C)nc(-c2c(C)noc2C)nc1N1CCN(CC(N)=O)C(C)C1. The summed E-state index contributed by atoms with van der Waals surface area (Å²) in [4.78, 5) is 25.8. The molecule has 4 rings (SSSR count). The van der Waals surface area contributed by atoms with E-state index in [0.29, 0.717) is 43.7 Å². The van der Waals surface area contributed by atoms with Gasteiger partial charge in [0.2, 0.25) is 5.91 Å². The van der Waals surface area contributed by atoms with Crippen LogP contribution in [0.5, 0.6) is 5.75 Å². The summed E-state index contributed by atoms with van der Waals surface area (Å²) in [6.45, 7) is 17.0. The van der Waals surface area contributed by atoms with Gasteiger partial charge in [0.15, 0.2) is 5.82 Å². The number of aryl methyl sites for hydroxylation is 4.